The number of halogens is 2. The molecule has 0 amide bonds. The Hall–Kier alpha value is 1.20. The summed E-state index contributed by atoms with van der Waals surface area (Å²) in [5, 5.41) is 0. The summed E-state index contributed by atoms with van der Waals surface area (Å²) in [6.45, 7) is 3.11. The molecule has 62 valence electrons. The summed E-state index contributed by atoms with van der Waals surface area (Å²) in [7, 11) is -1.67. The Bertz CT molecular complexity index is 81.0. The Labute approximate surface area is 77.9 Å². The van der Waals surface area contributed by atoms with E-state index in [1.54, 1.807) is 0 Å². The van der Waals surface area contributed by atoms with Gasteiger partial charge in [0, 0.05) is 0 Å². The molecule has 10 heavy (non-hydrogen) atoms. The first-order chi connectivity index (χ1) is 4.73. The molecule has 3 nitrogen and oxygen atoms in total. The molecule has 0 aromatic carbocycles. The van der Waals surface area contributed by atoms with Crippen LogP contribution in [0.5, 0.6) is 0 Å². The summed E-state index contributed by atoms with van der Waals surface area (Å²) < 4.78 is 19.4. The van der Waals surface area contributed by atoms with E-state index in [1.165, 1.54) is 0 Å². The number of hydrogen-bond donors (Lipinski definition) is 0. The van der Waals surface area contributed by atoms with Crippen LogP contribution in [0.3, 0.4) is 0 Å². The molecule has 0 N–H and O–H groups in total. The predicted molar refractivity (Wildman–Crippen MR) is 45.9 cm³/mol. The van der Waals surface area contributed by atoms with Crippen molar-refractivity contribution >= 4 is 38.4 Å². The zero-order chi connectivity index (χ0) is 7.82. The van der Waals surface area contributed by atoms with Gasteiger partial charge in [0.25, 0.3) is 0 Å². The van der Waals surface area contributed by atoms with Crippen LogP contribution in [0.1, 0.15) is 0 Å². The van der Waals surface area contributed by atoms with Crippen molar-refractivity contribution in [2.24, 2.45) is 0 Å². The van der Waals surface area contributed by atoms with Crippen LogP contribution in [0.2, 0.25) is 0 Å². The van der Waals surface area contributed by atoms with Crippen molar-refractivity contribution < 1.29 is 13.3 Å². The van der Waals surface area contributed by atoms with Crippen LogP contribution < -0.4 is 0 Å². The van der Waals surface area contributed by atoms with Gasteiger partial charge in [0.2, 0.25) is 0 Å². The third-order valence-corrected chi connectivity index (χ3v) is 0.744. The van der Waals surface area contributed by atoms with Crippen molar-refractivity contribution in [3.05, 3.63) is 0 Å². The molecule has 1 aliphatic heterocycles. The van der Waals surface area contributed by atoms with Crippen LogP contribution >= 0.6 is 28.2 Å². The quantitative estimate of drug-likeness (QED) is 0.621. The minimum atomic E-state index is -1.67. The third kappa shape index (κ3) is 11.9. The van der Waals surface area contributed by atoms with Gasteiger partial charge in [-0.2, -0.15) is 0 Å². The first-order valence-corrected chi connectivity index (χ1v) is 11.4. The van der Waals surface area contributed by atoms with E-state index in [9.17, 15) is 3.83 Å². The van der Waals surface area contributed by atoms with Crippen molar-refractivity contribution in [3.8, 4) is 0 Å². The summed E-state index contributed by atoms with van der Waals surface area (Å²) in [6, 6.07) is 0. The maximum atomic E-state index is 9.49. The second kappa shape index (κ2) is 8.30. The molecule has 0 bridgehead atoms. The minimum absolute atomic E-state index is 0.778. The zero-order valence-corrected chi connectivity index (χ0v) is 10.1. The van der Waals surface area contributed by atoms with Crippen molar-refractivity contribution in [2.75, 3.05) is 26.4 Å². The summed E-state index contributed by atoms with van der Waals surface area (Å²) >= 11 is 5.51. The van der Waals surface area contributed by atoms with Crippen molar-refractivity contribution in [1.29, 1.82) is 0 Å². The number of rotatable bonds is 0. The first-order valence-electron chi connectivity index (χ1n) is 2.63. The number of hydrogen-bond acceptors (Lipinski definition) is 3. The molecule has 0 radical (unpaired) electrons. The average molecular weight is 343 g/mol. The van der Waals surface area contributed by atoms with Gasteiger partial charge in [0.05, 0.1) is 26.4 Å². The zero-order valence-electron chi connectivity index (χ0n) is 5.22. The van der Waals surface area contributed by atoms with E-state index in [1.807, 2.05) is 0 Å². The third-order valence-electron chi connectivity index (χ3n) is 0.744. The molecule has 1 aliphatic rings. The van der Waals surface area contributed by atoms with Crippen LogP contribution in [-0.2, 0) is 13.3 Å². The Kier molecular flexibility index (Phi) is 9.29. The average Bonchev–Trinajstić information content (AvgIpc) is 1.90. The fourth-order valence-corrected chi connectivity index (χ4v) is 0.440. The van der Waals surface area contributed by atoms with E-state index in [4.69, 9.17) is 9.47 Å². The van der Waals surface area contributed by atoms with Crippen LogP contribution in [0.25, 0.3) is 0 Å². The van der Waals surface area contributed by atoms with Crippen LogP contribution in [0.15, 0.2) is 0 Å². The van der Waals surface area contributed by atoms with E-state index in [0.29, 0.717) is 0 Å². The summed E-state index contributed by atoms with van der Waals surface area (Å²) in [5.41, 5.74) is 0. The predicted octanol–water partition coefficient (Wildman–Crippen LogP) is 1.22. The molecule has 0 aliphatic carbocycles. The molecule has 1 saturated heterocycles. The Morgan fingerprint density at radius 2 is 1.20 bits per heavy atom. The first kappa shape index (κ1) is 11.2. The molecule has 0 aromatic rings. The number of ether oxygens (including phenoxy) is 2. The van der Waals surface area contributed by atoms with E-state index < -0.39 is 10.2 Å². The van der Waals surface area contributed by atoms with E-state index in [2.05, 4.69) is 28.2 Å². The molecule has 0 unspecified atom stereocenters. The van der Waals surface area contributed by atoms with Crippen LogP contribution in [0.4, 0.5) is 0 Å². The maximum absolute atomic E-state index is 9.49. The van der Waals surface area contributed by atoms with Crippen molar-refractivity contribution in [1.82, 2.24) is 0 Å². The molecular weight excluding hydrogens is 335 g/mol. The van der Waals surface area contributed by atoms with E-state index in [0.717, 1.165) is 26.4 Å². The Morgan fingerprint density at radius 3 is 1.30 bits per heavy atom. The van der Waals surface area contributed by atoms with E-state index >= 15 is 0 Å². The Balaban J connectivity index is 0.000000180. The standard InChI is InChI=1S/C4H8O2.Br2OSe/c1-2-6-4-3-5-1;1-4(2)3/h1-4H2;. The van der Waals surface area contributed by atoms with Gasteiger partial charge in [-0.3, -0.25) is 0 Å². The molecule has 1 heterocycles. The molecule has 0 spiro atoms. The van der Waals surface area contributed by atoms with Gasteiger partial charge in [0.1, 0.15) is 0 Å². The molecule has 1 rings (SSSR count). The fraction of sp³-hybridized carbons (Fsp3) is 1.00. The Morgan fingerprint density at radius 1 is 1.00 bits per heavy atom. The van der Waals surface area contributed by atoms with Gasteiger partial charge in [-0.15, -0.1) is 0 Å². The van der Waals surface area contributed by atoms with Crippen molar-refractivity contribution in [3.63, 3.8) is 0 Å². The van der Waals surface area contributed by atoms with Crippen molar-refractivity contribution in [2.45, 2.75) is 0 Å². The SMILES string of the molecule is C1COCCO1.O=[Se](Br)Br. The summed E-state index contributed by atoms with van der Waals surface area (Å²) in [6.07, 6.45) is 0. The van der Waals surface area contributed by atoms with Gasteiger partial charge >= 0.3 is 42.3 Å². The van der Waals surface area contributed by atoms with Gasteiger partial charge in [-0.25, -0.2) is 0 Å². The van der Waals surface area contributed by atoms with Crippen LogP contribution in [-0.4, -0.2) is 36.6 Å². The second-order valence-corrected chi connectivity index (χ2v) is 12.8. The topological polar surface area (TPSA) is 35.5 Å². The van der Waals surface area contributed by atoms with E-state index in [-0.39, 0.29) is 0 Å². The molecular formula is C4H8Br2O3Se. The molecule has 0 atom stereocenters. The van der Waals surface area contributed by atoms with Gasteiger partial charge in [-0.1, -0.05) is 0 Å². The summed E-state index contributed by atoms with van der Waals surface area (Å²) in [5.74, 6) is 0. The molecule has 0 aromatic heterocycles. The summed E-state index contributed by atoms with van der Waals surface area (Å²) in [4.78, 5) is 0. The molecule has 6 heteroatoms. The van der Waals surface area contributed by atoms with Gasteiger partial charge in [-0.05, 0) is 0 Å². The van der Waals surface area contributed by atoms with Crippen LogP contribution in [0, 0.1) is 0 Å². The molecule has 0 saturated carbocycles. The normalized spacial score (nSPS) is 17.9. The fourth-order valence-electron chi connectivity index (χ4n) is 0.440. The molecule has 1 fully saturated rings. The van der Waals surface area contributed by atoms with Gasteiger partial charge < -0.3 is 9.47 Å². The monoisotopic (exact) mass is 342 g/mol. The second-order valence-electron chi connectivity index (χ2n) is 1.41. The van der Waals surface area contributed by atoms with Gasteiger partial charge in [0.15, 0.2) is 0 Å².